The molecule has 0 spiro atoms. The largest absolute Gasteiger partial charge is 0.271 e. The molecule has 0 aliphatic heterocycles. The van der Waals surface area contributed by atoms with Gasteiger partial charge in [-0.25, -0.2) is 0 Å². The van der Waals surface area contributed by atoms with Crippen molar-refractivity contribution >= 4 is 11.6 Å². The lowest BCUT2D eigenvalue weighted by atomic mass is 10.0. The summed E-state index contributed by atoms with van der Waals surface area (Å²) in [7, 11) is 0. The minimum atomic E-state index is 0.197. The maximum Gasteiger partial charge on any atom is 0.0441 e. The number of nitrogens with one attached hydrogen (secondary N) is 1. The highest BCUT2D eigenvalue weighted by atomic mass is 35.5. The van der Waals surface area contributed by atoms with Crippen molar-refractivity contribution in [3.05, 3.63) is 47.0 Å². The first-order valence-electron chi connectivity index (χ1n) is 4.99. The summed E-state index contributed by atoms with van der Waals surface area (Å²) in [6.45, 7) is 5.72. The Morgan fingerprint density at radius 3 is 2.87 bits per heavy atom. The lowest BCUT2D eigenvalue weighted by Crippen LogP contribution is -2.36. The quantitative estimate of drug-likeness (QED) is 0.459. The van der Waals surface area contributed by atoms with Gasteiger partial charge in [0.05, 0.1) is 0 Å². The molecule has 1 atom stereocenters. The van der Waals surface area contributed by atoms with Gasteiger partial charge in [-0.15, -0.1) is 6.58 Å². The highest BCUT2D eigenvalue weighted by Gasteiger charge is 2.08. The van der Waals surface area contributed by atoms with Crippen LogP contribution in [0.1, 0.15) is 17.5 Å². The third-order valence-electron chi connectivity index (χ3n) is 2.36. The van der Waals surface area contributed by atoms with Crippen molar-refractivity contribution < 1.29 is 0 Å². The van der Waals surface area contributed by atoms with Gasteiger partial charge in [0, 0.05) is 11.1 Å². The Balaban J connectivity index is 2.74. The number of hydrazine groups is 1. The summed E-state index contributed by atoms with van der Waals surface area (Å²) in [6.07, 6.45) is 3.51. The van der Waals surface area contributed by atoms with E-state index in [0.29, 0.717) is 0 Å². The van der Waals surface area contributed by atoms with Crippen LogP contribution in [0.15, 0.2) is 30.9 Å². The predicted octanol–water partition coefficient (Wildman–Crippen LogP) is 2.60. The summed E-state index contributed by atoms with van der Waals surface area (Å²) in [6, 6.07) is 6.27. The number of rotatable bonds is 5. The molecule has 1 rings (SSSR count). The molecule has 0 aliphatic carbocycles. The molecule has 1 aromatic carbocycles. The zero-order valence-corrected chi connectivity index (χ0v) is 9.72. The Labute approximate surface area is 96.1 Å². The summed E-state index contributed by atoms with van der Waals surface area (Å²) < 4.78 is 0. The van der Waals surface area contributed by atoms with E-state index >= 15 is 0 Å². The summed E-state index contributed by atoms with van der Waals surface area (Å²) >= 11 is 6.14. The molecular formula is C12H17ClN2. The minimum Gasteiger partial charge on any atom is -0.271 e. The van der Waals surface area contributed by atoms with Gasteiger partial charge >= 0.3 is 0 Å². The van der Waals surface area contributed by atoms with Gasteiger partial charge in [0.25, 0.3) is 0 Å². The van der Waals surface area contributed by atoms with Crippen molar-refractivity contribution in [1.82, 2.24) is 5.43 Å². The number of hydrogen-bond donors (Lipinski definition) is 2. The third kappa shape index (κ3) is 3.67. The van der Waals surface area contributed by atoms with Crippen LogP contribution in [-0.2, 0) is 6.42 Å². The van der Waals surface area contributed by atoms with Crippen LogP contribution >= 0.6 is 11.6 Å². The van der Waals surface area contributed by atoms with E-state index in [9.17, 15) is 0 Å². The van der Waals surface area contributed by atoms with E-state index in [0.717, 1.165) is 23.4 Å². The van der Waals surface area contributed by atoms with E-state index in [4.69, 9.17) is 17.4 Å². The van der Waals surface area contributed by atoms with Crippen LogP contribution < -0.4 is 11.3 Å². The molecule has 0 bridgehead atoms. The fraction of sp³-hybridized carbons (Fsp3) is 0.333. The first-order valence-corrected chi connectivity index (χ1v) is 5.37. The normalized spacial score (nSPS) is 12.5. The van der Waals surface area contributed by atoms with Crippen molar-refractivity contribution in [2.45, 2.75) is 25.8 Å². The van der Waals surface area contributed by atoms with Gasteiger partial charge in [-0.1, -0.05) is 29.8 Å². The topological polar surface area (TPSA) is 38.0 Å². The number of hydrogen-bond acceptors (Lipinski definition) is 2. The molecule has 0 saturated heterocycles. The first kappa shape index (κ1) is 12.2. The Kier molecular flexibility index (Phi) is 4.82. The van der Waals surface area contributed by atoms with Gasteiger partial charge in [-0.3, -0.25) is 11.3 Å². The molecule has 0 aromatic heterocycles. The molecule has 3 heteroatoms. The molecule has 1 aromatic rings. The van der Waals surface area contributed by atoms with Crippen molar-refractivity contribution in [3.63, 3.8) is 0 Å². The van der Waals surface area contributed by atoms with Gasteiger partial charge < -0.3 is 0 Å². The number of halogens is 1. The molecule has 1 unspecified atom stereocenters. The monoisotopic (exact) mass is 224 g/mol. The van der Waals surface area contributed by atoms with Gasteiger partial charge in [0.15, 0.2) is 0 Å². The summed E-state index contributed by atoms with van der Waals surface area (Å²) in [5.41, 5.74) is 5.05. The first-order chi connectivity index (χ1) is 7.17. The van der Waals surface area contributed by atoms with Gasteiger partial charge in [0.2, 0.25) is 0 Å². The van der Waals surface area contributed by atoms with Crippen molar-refractivity contribution in [2.24, 2.45) is 5.84 Å². The van der Waals surface area contributed by atoms with Crippen molar-refractivity contribution in [1.29, 1.82) is 0 Å². The van der Waals surface area contributed by atoms with E-state index in [1.54, 1.807) is 0 Å². The van der Waals surface area contributed by atoms with Gasteiger partial charge in [-0.2, -0.15) is 0 Å². The van der Waals surface area contributed by atoms with Gasteiger partial charge in [-0.05, 0) is 37.0 Å². The Bertz CT molecular complexity index is 336. The smallest absolute Gasteiger partial charge is 0.0441 e. The highest BCUT2D eigenvalue weighted by molar-refractivity contribution is 6.31. The average molecular weight is 225 g/mol. The SMILES string of the molecule is C=CCC(Cc1ccc(C)cc1Cl)NN. The molecule has 82 valence electrons. The lowest BCUT2D eigenvalue weighted by molar-refractivity contribution is 0.531. The third-order valence-corrected chi connectivity index (χ3v) is 2.71. The molecule has 3 N–H and O–H groups in total. The van der Waals surface area contributed by atoms with Crippen molar-refractivity contribution in [3.8, 4) is 0 Å². The van der Waals surface area contributed by atoms with Crippen LogP contribution in [-0.4, -0.2) is 6.04 Å². The second kappa shape index (κ2) is 5.91. The fourth-order valence-electron chi connectivity index (χ4n) is 1.49. The van der Waals surface area contributed by atoms with E-state index in [2.05, 4.69) is 18.1 Å². The van der Waals surface area contributed by atoms with Crippen LogP contribution in [0.25, 0.3) is 0 Å². The number of nitrogens with two attached hydrogens (primary N) is 1. The lowest BCUT2D eigenvalue weighted by Gasteiger charge is -2.14. The van der Waals surface area contributed by atoms with Crippen LogP contribution in [0, 0.1) is 6.92 Å². The van der Waals surface area contributed by atoms with Crippen LogP contribution in [0.3, 0.4) is 0 Å². The summed E-state index contributed by atoms with van der Waals surface area (Å²) in [5, 5.41) is 0.805. The standard InChI is InChI=1S/C12H17ClN2/c1-3-4-11(15-14)8-10-6-5-9(2)7-12(10)13/h3,5-7,11,15H,1,4,8,14H2,2H3. The zero-order chi connectivity index (χ0) is 11.3. The van der Waals surface area contributed by atoms with Gasteiger partial charge in [0.1, 0.15) is 0 Å². The van der Waals surface area contributed by atoms with Crippen molar-refractivity contribution in [2.75, 3.05) is 0 Å². The number of benzene rings is 1. The average Bonchev–Trinajstić information content (AvgIpc) is 2.21. The molecule has 0 heterocycles. The van der Waals surface area contributed by atoms with Crippen LogP contribution in [0.4, 0.5) is 0 Å². The predicted molar refractivity (Wildman–Crippen MR) is 65.8 cm³/mol. The van der Waals surface area contributed by atoms with E-state index in [1.807, 2.05) is 25.1 Å². The zero-order valence-electron chi connectivity index (χ0n) is 8.96. The van der Waals surface area contributed by atoms with E-state index < -0.39 is 0 Å². The molecule has 0 radical (unpaired) electrons. The minimum absolute atomic E-state index is 0.197. The summed E-state index contributed by atoms with van der Waals surface area (Å²) in [5.74, 6) is 5.45. The Morgan fingerprint density at radius 1 is 1.60 bits per heavy atom. The van der Waals surface area contributed by atoms with Crippen LogP contribution in [0.5, 0.6) is 0 Å². The summed E-state index contributed by atoms with van der Waals surface area (Å²) in [4.78, 5) is 0. The number of aryl methyl sites for hydroxylation is 1. The van der Waals surface area contributed by atoms with Crippen LogP contribution in [0.2, 0.25) is 5.02 Å². The molecule has 0 saturated carbocycles. The fourth-order valence-corrected chi connectivity index (χ4v) is 1.81. The Morgan fingerprint density at radius 2 is 2.33 bits per heavy atom. The second-order valence-electron chi connectivity index (χ2n) is 3.69. The van der Waals surface area contributed by atoms with E-state index in [1.165, 1.54) is 5.56 Å². The molecule has 15 heavy (non-hydrogen) atoms. The van der Waals surface area contributed by atoms with E-state index in [-0.39, 0.29) is 6.04 Å². The maximum absolute atomic E-state index is 6.14. The second-order valence-corrected chi connectivity index (χ2v) is 4.09. The maximum atomic E-state index is 6.14. The molecule has 0 amide bonds. The Hall–Kier alpha value is -0.830. The molecule has 0 aliphatic rings. The molecule has 0 fully saturated rings. The molecular weight excluding hydrogens is 208 g/mol. The molecule has 2 nitrogen and oxygen atoms in total. The highest BCUT2D eigenvalue weighted by Crippen LogP contribution is 2.19.